The second kappa shape index (κ2) is 7.14. The first-order valence-electron chi connectivity index (χ1n) is 6.61. The monoisotopic (exact) mass is 323 g/mol. The third-order valence-corrected chi connectivity index (χ3v) is 2.75. The van der Waals surface area contributed by atoms with Crippen molar-refractivity contribution >= 4 is 23.5 Å². The molecule has 3 amide bonds. The number of benzene rings is 1. The topological polar surface area (TPSA) is 91.2 Å². The van der Waals surface area contributed by atoms with Crippen LogP contribution in [0.3, 0.4) is 0 Å². The molecule has 1 aromatic carbocycles. The van der Waals surface area contributed by atoms with Crippen LogP contribution in [0.15, 0.2) is 18.2 Å². The molecule has 0 fully saturated rings. The molecule has 118 valence electrons. The molecule has 1 rings (SSSR count). The SMILES string of the molecule is C[C@@H](Oc1ccc(C#N)cc1Cl)C(=O)NC(=O)NC(C)(C)C. The van der Waals surface area contributed by atoms with E-state index in [0.29, 0.717) is 5.56 Å². The van der Waals surface area contributed by atoms with E-state index in [9.17, 15) is 9.59 Å². The number of imide groups is 1. The second-order valence-corrected chi connectivity index (χ2v) is 6.12. The van der Waals surface area contributed by atoms with Gasteiger partial charge in [0.05, 0.1) is 16.7 Å². The predicted octanol–water partition coefficient (Wildman–Crippen LogP) is 2.60. The number of hydrogen-bond donors (Lipinski definition) is 2. The highest BCUT2D eigenvalue weighted by atomic mass is 35.5. The Morgan fingerprint density at radius 3 is 2.50 bits per heavy atom. The third-order valence-electron chi connectivity index (χ3n) is 2.46. The first-order chi connectivity index (χ1) is 10.1. The third kappa shape index (κ3) is 5.62. The molecule has 0 aliphatic carbocycles. The van der Waals surface area contributed by atoms with Crippen LogP contribution in [0.2, 0.25) is 5.02 Å². The number of hydrogen-bond acceptors (Lipinski definition) is 4. The zero-order valence-corrected chi connectivity index (χ0v) is 13.6. The molecule has 7 heteroatoms. The van der Waals surface area contributed by atoms with E-state index in [-0.39, 0.29) is 10.8 Å². The van der Waals surface area contributed by atoms with E-state index in [2.05, 4.69) is 10.6 Å². The maximum Gasteiger partial charge on any atom is 0.321 e. The van der Waals surface area contributed by atoms with Gasteiger partial charge in [-0.3, -0.25) is 10.1 Å². The van der Waals surface area contributed by atoms with Crippen LogP contribution in [0.25, 0.3) is 0 Å². The number of ether oxygens (including phenoxy) is 1. The lowest BCUT2D eigenvalue weighted by Crippen LogP contribution is -2.50. The molecule has 0 heterocycles. The fourth-order valence-corrected chi connectivity index (χ4v) is 1.72. The first-order valence-corrected chi connectivity index (χ1v) is 6.99. The van der Waals surface area contributed by atoms with Crippen molar-refractivity contribution in [1.29, 1.82) is 5.26 Å². The second-order valence-electron chi connectivity index (χ2n) is 5.71. The van der Waals surface area contributed by atoms with Gasteiger partial charge in [-0.1, -0.05) is 11.6 Å². The summed E-state index contributed by atoms with van der Waals surface area (Å²) in [7, 11) is 0. The van der Waals surface area contributed by atoms with Crippen LogP contribution < -0.4 is 15.4 Å². The summed E-state index contributed by atoms with van der Waals surface area (Å²) in [4.78, 5) is 23.5. The fourth-order valence-electron chi connectivity index (χ4n) is 1.50. The summed E-state index contributed by atoms with van der Waals surface area (Å²) in [5.74, 6) is -0.332. The van der Waals surface area contributed by atoms with E-state index < -0.39 is 23.6 Å². The number of rotatable bonds is 3. The largest absolute Gasteiger partial charge is 0.479 e. The van der Waals surface area contributed by atoms with Gasteiger partial charge in [0.15, 0.2) is 6.10 Å². The van der Waals surface area contributed by atoms with Gasteiger partial charge >= 0.3 is 6.03 Å². The maximum absolute atomic E-state index is 11.9. The van der Waals surface area contributed by atoms with Crippen LogP contribution in [0, 0.1) is 11.3 Å². The van der Waals surface area contributed by atoms with Gasteiger partial charge in [0.25, 0.3) is 5.91 Å². The Morgan fingerprint density at radius 1 is 1.36 bits per heavy atom. The predicted molar refractivity (Wildman–Crippen MR) is 82.7 cm³/mol. The number of carbonyl (C=O) groups excluding carboxylic acids is 2. The molecular weight excluding hydrogens is 306 g/mol. The van der Waals surface area contributed by atoms with Crippen molar-refractivity contribution in [3.63, 3.8) is 0 Å². The Bertz CT molecular complexity index is 617. The van der Waals surface area contributed by atoms with Gasteiger partial charge in [-0.15, -0.1) is 0 Å². The average molecular weight is 324 g/mol. The van der Waals surface area contributed by atoms with E-state index in [1.165, 1.54) is 25.1 Å². The Labute approximate surface area is 134 Å². The van der Waals surface area contributed by atoms with Gasteiger partial charge in [0, 0.05) is 5.54 Å². The number of nitriles is 1. The summed E-state index contributed by atoms with van der Waals surface area (Å²) in [5.41, 5.74) is -0.0655. The normalized spacial score (nSPS) is 12.0. The zero-order chi connectivity index (χ0) is 16.9. The minimum Gasteiger partial charge on any atom is -0.479 e. The maximum atomic E-state index is 11.9. The van der Waals surface area contributed by atoms with Gasteiger partial charge in [0.1, 0.15) is 5.75 Å². The van der Waals surface area contributed by atoms with Crippen LogP contribution in [0.1, 0.15) is 33.3 Å². The van der Waals surface area contributed by atoms with E-state index in [4.69, 9.17) is 21.6 Å². The molecule has 0 bridgehead atoms. The van der Waals surface area contributed by atoms with Crippen molar-refractivity contribution < 1.29 is 14.3 Å². The lowest BCUT2D eigenvalue weighted by molar-refractivity contribution is -0.126. The number of nitrogens with zero attached hydrogens (tertiary/aromatic N) is 1. The minimum atomic E-state index is -0.920. The Kier molecular flexibility index (Phi) is 5.77. The summed E-state index contributed by atoms with van der Waals surface area (Å²) in [6.07, 6.45) is -0.920. The van der Waals surface area contributed by atoms with Crippen LogP contribution in [0.4, 0.5) is 4.79 Å². The highest BCUT2D eigenvalue weighted by Crippen LogP contribution is 2.26. The van der Waals surface area contributed by atoms with Gasteiger partial charge in [0.2, 0.25) is 0 Å². The van der Waals surface area contributed by atoms with Gasteiger partial charge in [-0.25, -0.2) is 4.79 Å². The molecule has 0 aliphatic rings. The van der Waals surface area contributed by atoms with Crippen molar-refractivity contribution in [3.05, 3.63) is 28.8 Å². The molecule has 0 spiro atoms. The molecule has 0 unspecified atom stereocenters. The lowest BCUT2D eigenvalue weighted by atomic mass is 10.1. The van der Waals surface area contributed by atoms with E-state index in [0.717, 1.165) is 0 Å². The van der Waals surface area contributed by atoms with E-state index in [1.54, 1.807) is 20.8 Å². The summed E-state index contributed by atoms with van der Waals surface area (Å²) < 4.78 is 5.40. The van der Waals surface area contributed by atoms with Crippen molar-refractivity contribution in [2.45, 2.75) is 39.3 Å². The zero-order valence-electron chi connectivity index (χ0n) is 12.9. The molecule has 0 radical (unpaired) electrons. The summed E-state index contributed by atoms with van der Waals surface area (Å²) >= 11 is 5.96. The van der Waals surface area contributed by atoms with Crippen LogP contribution >= 0.6 is 11.6 Å². The smallest absolute Gasteiger partial charge is 0.321 e. The van der Waals surface area contributed by atoms with Crippen molar-refractivity contribution in [1.82, 2.24) is 10.6 Å². The Hall–Kier alpha value is -2.26. The quantitative estimate of drug-likeness (QED) is 0.894. The molecule has 0 saturated heterocycles. The molecule has 6 nitrogen and oxygen atoms in total. The molecule has 2 N–H and O–H groups in total. The lowest BCUT2D eigenvalue weighted by Gasteiger charge is -2.21. The Balaban J connectivity index is 2.65. The highest BCUT2D eigenvalue weighted by molar-refractivity contribution is 6.32. The number of urea groups is 1. The standard InChI is InChI=1S/C15H18ClN3O3/c1-9(13(20)18-14(21)19-15(2,3)4)22-12-6-5-10(8-17)7-11(12)16/h5-7,9H,1-4H3,(H2,18,19,20,21)/t9-/m1/s1. The van der Waals surface area contributed by atoms with Crippen LogP contribution in [-0.4, -0.2) is 23.6 Å². The van der Waals surface area contributed by atoms with Crippen LogP contribution in [-0.2, 0) is 4.79 Å². The van der Waals surface area contributed by atoms with Gasteiger partial charge in [-0.05, 0) is 45.9 Å². The molecule has 22 heavy (non-hydrogen) atoms. The fraction of sp³-hybridized carbons (Fsp3) is 0.400. The summed E-state index contributed by atoms with van der Waals surface area (Å²) in [5, 5.41) is 13.8. The van der Waals surface area contributed by atoms with Gasteiger partial charge < -0.3 is 10.1 Å². The molecule has 0 aliphatic heterocycles. The highest BCUT2D eigenvalue weighted by Gasteiger charge is 2.21. The van der Waals surface area contributed by atoms with E-state index in [1.807, 2.05) is 6.07 Å². The van der Waals surface area contributed by atoms with Crippen molar-refractivity contribution in [2.75, 3.05) is 0 Å². The summed E-state index contributed by atoms with van der Waals surface area (Å²) in [6.45, 7) is 6.89. The number of amides is 3. The van der Waals surface area contributed by atoms with Crippen molar-refractivity contribution in [2.24, 2.45) is 0 Å². The number of carbonyl (C=O) groups is 2. The minimum absolute atomic E-state index is 0.220. The number of halogens is 1. The molecule has 0 aromatic heterocycles. The molecular formula is C15H18ClN3O3. The van der Waals surface area contributed by atoms with Crippen LogP contribution in [0.5, 0.6) is 5.75 Å². The molecule has 0 saturated carbocycles. The summed E-state index contributed by atoms with van der Waals surface area (Å²) in [6, 6.07) is 5.81. The Morgan fingerprint density at radius 2 is 2.00 bits per heavy atom. The van der Waals surface area contributed by atoms with Gasteiger partial charge in [-0.2, -0.15) is 5.26 Å². The average Bonchev–Trinajstić information content (AvgIpc) is 2.38. The molecule has 1 aromatic rings. The van der Waals surface area contributed by atoms with Crippen molar-refractivity contribution in [3.8, 4) is 11.8 Å². The number of nitrogens with one attached hydrogen (secondary N) is 2. The first kappa shape index (κ1) is 17.8. The van der Waals surface area contributed by atoms with E-state index >= 15 is 0 Å². The molecule has 1 atom stereocenters.